The van der Waals surface area contributed by atoms with Crippen molar-refractivity contribution in [2.75, 3.05) is 20.7 Å². The first-order valence-electron chi connectivity index (χ1n) is 7.99. The van der Waals surface area contributed by atoms with Crippen LogP contribution in [0.3, 0.4) is 0 Å². The lowest BCUT2D eigenvalue weighted by atomic mass is 9.92. The van der Waals surface area contributed by atoms with Gasteiger partial charge in [-0.25, -0.2) is 0 Å². The number of benzene rings is 2. The monoisotopic (exact) mass is 353 g/mol. The highest BCUT2D eigenvalue weighted by Gasteiger charge is 2.25. The molecule has 0 aromatic heterocycles. The molecule has 0 saturated carbocycles. The Labute approximate surface area is 149 Å². The van der Waals surface area contributed by atoms with Crippen LogP contribution in [0.5, 0.6) is 28.7 Å². The van der Waals surface area contributed by atoms with Gasteiger partial charge in [-0.15, -0.1) is 0 Å². The van der Waals surface area contributed by atoms with Crippen molar-refractivity contribution in [1.82, 2.24) is 0 Å². The standard InChI is InChI=1S/C19H15NO6/c1-22-17-6-12(7-18-19(17)26-10-25-18)13(8-20)4-14(21)11-2-3-15-16(5-11)24-9-23-15/h2-3,5-7,13H,4,9-10H2,1H3. The largest absolute Gasteiger partial charge is 0.493 e. The predicted molar refractivity (Wildman–Crippen MR) is 89.0 cm³/mol. The molecule has 0 aliphatic carbocycles. The van der Waals surface area contributed by atoms with E-state index < -0.39 is 5.92 Å². The number of rotatable bonds is 5. The Morgan fingerprint density at radius 1 is 1.12 bits per heavy atom. The van der Waals surface area contributed by atoms with Crippen molar-refractivity contribution in [3.8, 4) is 34.8 Å². The zero-order valence-corrected chi connectivity index (χ0v) is 14.0. The lowest BCUT2D eigenvalue weighted by molar-refractivity contribution is 0.0978. The second-order valence-electron chi connectivity index (χ2n) is 5.83. The fourth-order valence-electron chi connectivity index (χ4n) is 2.96. The molecule has 0 N–H and O–H groups in total. The molecule has 2 heterocycles. The van der Waals surface area contributed by atoms with Gasteiger partial charge in [-0.05, 0) is 35.9 Å². The molecule has 4 rings (SSSR count). The normalized spacial score (nSPS) is 14.6. The number of ether oxygens (including phenoxy) is 5. The number of ketones is 1. The number of nitriles is 1. The van der Waals surface area contributed by atoms with E-state index >= 15 is 0 Å². The molecule has 2 aromatic carbocycles. The minimum atomic E-state index is -0.642. The molecular formula is C19H15NO6. The first-order chi connectivity index (χ1) is 12.7. The molecule has 0 bridgehead atoms. The third kappa shape index (κ3) is 2.75. The zero-order chi connectivity index (χ0) is 18.1. The highest BCUT2D eigenvalue weighted by Crippen LogP contribution is 2.43. The maximum Gasteiger partial charge on any atom is 0.231 e. The van der Waals surface area contributed by atoms with Crippen molar-refractivity contribution < 1.29 is 28.5 Å². The Morgan fingerprint density at radius 3 is 2.69 bits per heavy atom. The van der Waals surface area contributed by atoms with Crippen LogP contribution < -0.4 is 23.7 Å². The van der Waals surface area contributed by atoms with Gasteiger partial charge in [-0.3, -0.25) is 4.79 Å². The average molecular weight is 353 g/mol. The van der Waals surface area contributed by atoms with Crippen molar-refractivity contribution >= 4 is 5.78 Å². The summed E-state index contributed by atoms with van der Waals surface area (Å²) in [5.74, 6) is 1.84. The molecular weight excluding hydrogens is 338 g/mol. The summed E-state index contributed by atoms with van der Waals surface area (Å²) in [6, 6.07) is 10.6. The fraction of sp³-hybridized carbons (Fsp3) is 0.263. The number of hydrogen-bond acceptors (Lipinski definition) is 7. The van der Waals surface area contributed by atoms with Crippen molar-refractivity contribution in [1.29, 1.82) is 5.26 Å². The third-order valence-corrected chi connectivity index (χ3v) is 4.32. The Morgan fingerprint density at radius 2 is 1.88 bits per heavy atom. The van der Waals surface area contributed by atoms with E-state index in [4.69, 9.17) is 23.7 Å². The van der Waals surface area contributed by atoms with E-state index in [0.29, 0.717) is 39.9 Å². The molecule has 2 aliphatic rings. The maximum atomic E-state index is 12.6. The molecule has 132 valence electrons. The first-order valence-corrected chi connectivity index (χ1v) is 7.99. The van der Waals surface area contributed by atoms with E-state index in [0.717, 1.165) is 0 Å². The second kappa shape index (κ2) is 6.48. The molecule has 2 aliphatic heterocycles. The van der Waals surface area contributed by atoms with Gasteiger partial charge in [0.25, 0.3) is 0 Å². The van der Waals surface area contributed by atoms with Gasteiger partial charge < -0.3 is 23.7 Å². The van der Waals surface area contributed by atoms with Crippen LogP contribution in [0.2, 0.25) is 0 Å². The smallest absolute Gasteiger partial charge is 0.231 e. The molecule has 0 saturated heterocycles. The summed E-state index contributed by atoms with van der Waals surface area (Å²) in [6.45, 7) is 0.243. The molecule has 1 atom stereocenters. The molecule has 2 aromatic rings. The van der Waals surface area contributed by atoms with Crippen molar-refractivity contribution in [3.05, 3.63) is 41.5 Å². The predicted octanol–water partition coefficient (Wildman–Crippen LogP) is 3.03. The molecule has 0 amide bonds. The summed E-state index contributed by atoms with van der Waals surface area (Å²) >= 11 is 0. The Hall–Kier alpha value is -3.40. The van der Waals surface area contributed by atoms with Crippen LogP contribution in [0.25, 0.3) is 0 Å². The lowest BCUT2D eigenvalue weighted by Gasteiger charge is -2.12. The van der Waals surface area contributed by atoms with E-state index in [9.17, 15) is 10.1 Å². The summed E-state index contributed by atoms with van der Waals surface area (Å²) < 4.78 is 26.6. The lowest BCUT2D eigenvalue weighted by Crippen LogP contribution is -2.07. The molecule has 7 nitrogen and oxygen atoms in total. The van der Waals surface area contributed by atoms with Gasteiger partial charge in [-0.2, -0.15) is 5.26 Å². The van der Waals surface area contributed by atoms with Crippen LogP contribution in [0, 0.1) is 11.3 Å². The number of methoxy groups -OCH3 is 1. The van der Waals surface area contributed by atoms with Gasteiger partial charge >= 0.3 is 0 Å². The van der Waals surface area contributed by atoms with Crippen LogP contribution in [0.4, 0.5) is 0 Å². The summed E-state index contributed by atoms with van der Waals surface area (Å²) in [7, 11) is 1.51. The third-order valence-electron chi connectivity index (χ3n) is 4.32. The highest BCUT2D eigenvalue weighted by atomic mass is 16.7. The van der Waals surface area contributed by atoms with Crippen molar-refractivity contribution in [2.24, 2.45) is 0 Å². The van der Waals surface area contributed by atoms with Crippen LogP contribution >= 0.6 is 0 Å². The number of fused-ring (bicyclic) bond motifs is 2. The van der Waals surface area contributed by atoms with E-state index in [2.05, 4.69) is 6.07 Å². The first kappa shape index (κ1) is 16.1. The SMILES string of the molecule is COc1cc(C(C#N)CC(=O)c2ccc3c(c2)OCO3)cc2c1OCO2. The number of nitrogens with zero attached hydrogens (tertiary/aromatic N) is 1. The Bertz CT molecular complexity index is 917. The average Bonchev–Trinajstić information content (AvgIpc) is 3.33. The molecule has 1 unspecified atom stereocenters. The summed E-state index contributed by atoms with van der Waals surface area (Å²) in [4.78, 5) is 12.6. The molecule has 7 heteroatoms. The van der Waals surface area contributed by atoms with Crippen molar-refractivity contribution in [2.45, 2.75) is 12.3 Å². The fourth-order valence-corrected chi connectivity index (χ4v) is 2.96. The van der Waals surface area contributed by atoms with Gasteiger partial charge in [-0.1, -0.05) is 0 Å². The van der Waals surface area contributed by atoms with Crippen LogP contribution in [-0.2, 0) is 0 Å². The topological polar surface area (TPSA) is 87.0 Å². The minimum Gasteiger partial charge on any atom is -0.493 e. The van der Waals surface area contributed by atoms with Gasteiger partial charge in [0.05, 0.1) is 19.1 Å². The van der Waals surface area contributed by atoms with Gasteiger partial charge in [0.15, 0.2) is 28.8 Å². The number of carbonyl (C=O) groups is 1. The van der Waals surface area contributed by atoms with Crippen LogP contribution in [0.15, 0.2) is 30.3 Å². The van der Waals surface area contributed by atoms with Crippen LogP contribution in [-0.4, -0.2) is 26.5 Å². The Balaban J connectivity index is 1.58. The summed E-state index contributed by atoms with van der Waals surface area (Å²) in [5.41, 5.74) is 1.12. The number of Topliss-reactive ketones (excluding diaryl/α,β-unsaturated/α-hetero) is 1. The van der Waals surface area contributed by atoms with E-state index in [1.54, 1.807) is 30.3 Å². The molecule has 0 spiro atoms. The van der Waals surface area contributed by atoms with Crippen molar-refractivity contribution in [3.63, 3.8) is 0 Å². The van der Waals surface area contributed by atoms with E-state index in [1.165, 1.54) is 7.11 Å². The van der Waals surface area contributed by atoms with Crippen LogP contribution in [0.1, 0.15) is 28.3 Å². The minimum absolute atomic E-state index is 0.0267. The number of carbonyl (C=O) groups excluding carboxylic acids is 1. The molecule has 0 radical (unpaired) electrons. The van der Waals surface area contributed by atoms with Gasteiger partial charge in [0.2, 0.25) is 19.3 Å². The van der Waals surface area contributed by atoms with E-state index in [1.807, 2.05) is 0 Å². The molecule has 26 heavy (non-hydrogen) atoms. The van der Waals surface area contributed by atoms with Gasteiger partial charge in [0, 0.05) is 12.0 Å². The van der Waals surface area contributed by atoms with E-state index in [-0.39, 0.29) is 25.8 Å². The summed E-state index contributed by atoms with van der Waals surface area (Å²) in [5, 5.41) is 9.58. The van der Waals surface area contributed by atoms with Gasteiger partial charge in [0.1, 0.15) is 0 Å². The highest BCUT2D eigenvalue weighted by molar-refractivity contribution is 5.97. The summed E-state index contributed by atoms with van der Waals surface area (Å²) in [6.07, 6.45) is 0.0267. The zero-order valence-electron chi connectivity index (χ0n) is 14.0. The maximum absolute atomic E-state index is 12.6. The molecule has 0 fully saturated rings. The number of hydrogen-bond donors (Lipinski definition) is 0. The quantitative estimate of drug-likeness (QED) is 0.764. The second-order valence-corrected chi connectivity index (χ2v) is 5.83. The Kier molecular flexibility index (Phi) is 4.01.